The lowest BCUT2D eigenvalue weighted by molar-refractivity contribution is -0.141. The van der Waals surface area contributed by atoms with Crippen molar-refractivity contribution >= 4 is 5.97 Å². The van der Waals surface area contributed by atoms with Crippen molar-refractivity contribution in [3.8, 4) is 11.5 Å². The predicted octanol–water partition coefficient (Wildman–Crippen LogP) is 5.42. The summed E-state index contributed by atoms with van der Waals surface area (Å²) in [4.78, 5) is 12.1. The number of esters is 1. The van der Waals surface area contributed by atoms with E-state index in [2.05, 4.69) is 18.9 Å². The summed E-state index contributed by atoms with van der Waals surface area (Å²) in [6, 6.07) is 15.6. The summed E-state index contributed by atoms with van der Waals surface area (Å²) in [6.07, 6.45) is 2.40. The van der Waals surface area contributed by atoms with Crippen molar-refractivity contribution in [1.29, 1.82) is 0 Å². The summed E-state index contributed by atoms with van der Waals surface area (Å²) in [6.45, 7) is 12.3. The van der Waals surface area contributed by atoms with Crippen molar-refractivity contribution in [2.75, 3.05) is 40.6 Å². The van der Waals surface area contributed by atoms with Crippen molar-refractivity contribution in [2.24, 2.45) is 0 Å². The molecule has 2 aromatic rings. The molecule has 9 nitrogen and oxygen atoms in total. The van der Waals surface area contributed by atoms with Crippen LogP contribution in [0, 0.1) is 0 Å². The van der Waals surface area contributed by atoms with E-state index >= 15 is 0 Å². The number of aliphatic hydroxyl groups is 2. The monoisotopic (exact) mass is 610 g/mol. The standard InChI is InChI=1S/C18H22O5.C15H18O3.C2H6O/c1-4-21-17(19)12(2)18-11-15(23-16(18)9-10-22-18)13-5-7-14(20-3)8-6-13;1-3-11-10-15(18-14(11)8-9-16)12-4-6-13(17-2)7-5-12;1-2-3/h5-8,15-16H,2,4,9-11H2,1,3H3;4-7,14-16H,1,8-10H2,2H3;3H,2H2,1H3/t15?,16?,18-;;/m1../s1. The molecule has 4 unspecified atom stereocenters. The summed E-state index contributed by atoms with van der Waals surface area (Å²) < 4.78 is 33.4. The fraction of sp³-hybridized carbons (Fsp3) is 0.486. The number of fused-ring (bicyclic) bond motifs is 1. The molecule has 3 saturated heterocycles. The minimum Gasteiger partial charge on any atom is -0.497 e. The van der Waals surface area contributed by atoms with Gasteiger partial charge in [0.25, 0.3) is 0 Å². The fourth-order valence-corrected chi connectivity index (χ4v) is 5.60. The number of rotatable bonds is 9. The molecule has 0 aliphatic carbocycles. The maximum absolute atomic E-state index is 12.1. The lowest BCUT2D eigenvalue weighted by Gasteiger charge is -2.27. The van der Waals surface area contributed by atoms with Crippen LogP contribution in [0.3, 0.4) is 0 Å². The molecule has 5 atom stereocenters. The van der Waals surface area contributed by atoms with Crippen molar-refractivity contribution in [2.45, 2.75) is 69.5 Å². The van der Waals surface area contributed by atoms with E-state index in [0.29, 0.717) is 31.6 Å². The minimum absolute atomic E-state index is 0.0247. The summed E-state index contributed by atoms with van der Waals surface area (Å²) in [5, 5.41) is 16.6. The van der Waals surface area contributed by atoms with Crippen LogP contribution in [0.15, 0.2) is 78.6 Å². The Morgan fingerprint density at radius 2 is 1.55 bits per heavy atom. The highest BCUT2D eigenvalue weighted by Crippen LogP contribution is 2.50. The Morgan fingerprint density at radius 3 is 2.05 bits per heavy atom. The molecule has 0 saturated carbocycles. The van der Waals surface area contributed by atoms with Gasteiger partial charge < -0.3 is 38.6 Å². The maximum atomic E-state index is 12.1. The second-order valence-electron chi connectivity index (χ2n) is 10.4. The third kappa shape index (κ3) is 8.39. The lowest BCUT2D eigenvalue weighted by atomic mass is 9.85. The Labute approximate surface area is 260 Å². The molecule has 0 radical (unpaired) electrons. The van der Waals surface area contributed by atoms with Gasteiger partial charge in [-0.3, -0.25) is 0 Å². The number of aliphatic hydroxyl groups excluding tert-OH is 2. The number of methoxy groups -OCH3 is 2. The van der Waals surface area contributed by atoms with Gasteiger partial charge in [-0.15, -0.1) is 5.73 Å². The Balaban J connectivity index is 0.000000227. The average molecular weight is 611 g/mol. The topological polar surface area (TPSA) is 113 Å². The molecule has 2 aromatic carbocycles. The first-order chi connectivity index (χ1) is 21.3. The Morgan fingerprint density at radius 1 is 0.977 bits per heavy atom. The van der Waals surface area contributed by atoms with E-state index in [1.807, 2.05) is 48.5 Å². The molecule has 3 aliphatic rings. The van der Waals surface area contributed by atoms with Gasteiger partial charge in [0.2, 0.25) is 0 Å². The molecule has 0 aromatic heterocycles. The van der Waals surface area contributed by atoms with Gasteiger partial charge in [0.15, 0.2) is 0 Å². The van der Waals surface area contributed by atoms with E-state index in [4.69, 9.17) is 38.6 Å². The molecule has 0 bridgehead atoms. The Bertz CT molecular complexity index is 1250. The van der Waals surface area contributed by atoms with Crippen LogP contribution < -0.4 is 9.47 Å². The highest BCUT2D eigenvalue weighted by Gasteiger charge is 2.56. The van der Waals surface area contributed by atoms with Gasteiger partial charge >= 0.3 is 5.97 Å². The Kier molecular flexibility index (Phi) is 13.7. The second-order valence-corrected chi connectivity index (χ2v) is 10.4. The first-order valence-corrected chi connectivity index (χ1v) is 15.0. The number of carbonyl (C=O) groups is 1. The van der Waals surface area contributed by atoms with Gasteiger partial charge in [-0.2, -0.15) is 0 Å². The van der Waals surface area contributed by atoms with Crippen LogP contribution in [-0.2, 0) is 23.7 Å². The summed E-state index contributed by atoms with van der Waals surface area (Å²) in [5.41, 5.74) is 5.72. The van der Waals surface area contributed by atoms with Gasteiger partial charge in [0.1, 0.15) is 17.1 Å². The van der Waals surface area contributed by atoms with Crippen LogP contribution in [-0.4, -0.2) is 74.6 Å². The number of carbonyl (C=O) groups excluding carboxylic acids is 1. The van der Waals surface area contributed by atoms with Crippen LogP contribution in [0.2, 0.25) is 0 Å². The first-order valence-electron chi connectivity index (χ1n) is 15.0. The number of benzene rings is 2. The van der Waals surface area contributed by atoms with Gasteiger partial charge in [-0.25, -0.2) is 4.79 Å². The third-order valence-electron chi connectivity index (χ3n) is 7.83. The predicted molar refractivity (Wildman–Crippen MR) is 167 cm³/mol. The van der Waals surface area contributed by atoms with Gasteiger partial charge in [0.05, 0.1) is 57.4 Å². The summed E-state index contributed by atoms with van der Waals surface area (Å²) >= 11 is 0. The zero-order chi connectivity index (χ0) is 32.1. The number of hydrogen-bond donors (Lipinski definition) is 2. The minimum atomic E-state index is -0.767. The SMILES string of the molecule is C=C(C(=O)OCC)[C@]12CC(c3ccc(OC)cc3)OC1CCO2.C=C=C1CC(c2ccc(OC)cc2)OC1CCO.CCO. The van der Waals surface area contributed by atoms with Crippen LogP contribution in [0.25, 0.3) is 0 Å². The zero-order valence-corrected chi connectivity index (χ0v) is 26.3. The summed E-state index contributed by atoms with van der Waals surface area (Å²) in [5.74, 6) is 1.23. The van der Waals surface area contributed by atoms with E-state index in [1.165, 1.54) is 0 Å². The molecule has 2 N–H and O–H groups in total. The fourth-order valence-electron chi connectivity index (χ4n) is 5.60. The van der Waals surface area contributed by atoms with Crippen molar-refractivity contribution in [3.63, 3.8) is 0 Å². The molecule has 5 rings (SSSR count). The van der Waals surface area contributed by atoms with E-state index in [9.17, 15) is 4.79 Å². The Hall–Kier alpha value is -3.43. The van der Waals surface area contributed by atoms with Crippen LogP contribution in [0.4, 0.5) is 0 Å². The third-order valence-corrected chi connectivity index (χ3v) is 7.83. The highest BCUT2D eigenvalue weighted by molar-refractivity contribution is 5.90. The summed E-state index contributed by atoms with van der Waals surface area (Å²) in [7, 11) is 3.29. The van der Waals surface area contributed by atoms with E-state index in [0.717, 1.165) is 41.0 Å². The largest absolute Gasteiger partial charge is 0.497 e. The average Bonchev–Trinajstić information content (AvgIpc) is 3.75. The number of ether oxygens (including phenoxy) is 6. The molecule has 3 fully saturated rings. The maximum Gasteiger partial charge on any atom is 0.336 e. The molecule has 0 spiro atoms. The van der Waals surface area contributed by atoms with Crippen molar-refractivity contribution < 1.29 is 43.4 Å². The van der Waals surface area contributed by atoms with Crippen LogP contribution >= 0.6 is 0 Å². The first kappa shape index (κ1) is 35.1. The lowest BCUT2D eigenvalue weighted by Crippen LogP contribution is -2.40. The smallest absolute Gasteiger partial charge is 0.336 e. The molecule has 9 heteroatoms. The molecule has 3 aliphatic heterocycles. The molecular weight excluding hydrogens is 564 g/mol. The van der Waals surface area contributed by atoms with E-state index in [-0.39, 0.29) is 37.6 Å². The van der Waals surface area contributed by atoms with Gasteiger partial charge in [-0.1, -0.05) is 37.4 Å². The second kappa shape index (κ2) is 17.2. The van der Waals surface area contributed by atoms with Crippen molar-refractivity contribution in [1.82, 2.24) is 0 Å². The highest BCUT2D eigenvalue weighted by atomic mass is 16.6. The van der Waals surface area contributed by atoms with Gasteiger partial charge in [0, 0.05) is 44.5 Å². The number of hydrogen-bond acceptors (Lipinski definition) is 9. The van der Waals surface area contributed by atoms with Gasteiger partial charge in [-0.05, 0) is 49.2 Å². The molecule has 3 heterocycles. The van der Waals surface area contributed by atoms with Crippen LogP contribution in [0.1, 0.15) is 62.9 Å². The molecule has 0 amide bonds. The molecule has 240 valence electrons. The molecule has 44 heavy (non-hydrogen) atoms. The molecular formula is C35H46O9. The van der Waals surface area contributed by atoms with E-state index in [1.54, 1.807) is 28.1 Å². The zero-order valence-electron chi connectivity index (χ0n) is 26.3. The van der Waals surface area contributed by atoms with Crippen LogP contribution in [0.5, 0.6) is 11.5 Å². The van der Waals surface area contributed by atoms with Crippen molar-refractivity contribution in [3.05, 3.63) is 89.7 Å². The quantitative estimate of drug-likeness (QED) is 0.218. The van der Waals surface area contributed by atoms with E-state index < -0.39 is 11.6 Å². The normalized spacial score (nSPS) is 25.0.